The van der Waals surface area contributed by atoms with Crippen molar-refractivity contribution in [2.45, 2.75) is 6.92 Å². The molecule has 0 spiro atoms. The van der Waals surface area contributed by atoms with Gasteiger partial charge in [-0.25, -0.2) is 9.37 Å². The Bertz CT molecular complexity index is 688. The molecule has 0 amide bonds. The Labute approximate surface area is 113 Å². The van der Waals surface area contributed by atoms with Crippen LogP contribution in [0.5, 0.6) is 11.6 Å². The summed E-state index contributed by atoms with van der Waals surface area (Å²) in [7, 11) is 0. The largest absolute Gasteiger partial charge is 0.432 e. The molecular formula is C13H9FN2O4. The Hall–Kier alpha value is -2.83. The van der Waals surface area contributed by atoms with Crippen LogP contribution in [0.25, 0.3) is 0 Å². The lowest BCUT2D eigenvalue weighted by Gasteiger charge is -2.08. The van der Waals surface area contributed by atoms with Crippen molar-refractivity contribution in [3.05, 3.63) is 57.5 Å². The number of hydrogen-bond donors (Lipinski definition) is 0. The van der Waals surface area contributed by atoms with E-state index in [9.17, 15) is 19.3 Å². The molecule has 0 fully saturated rings. The van der Waals surface area contributed by atoms with Gasteiger partial charge in [0.15, 0.2) is 6.29 Å². The second-order valence-electron chi connectivity index (χ2n) is 3.98. The van der Waals surface area contributed by atoms with Gasteiger partial charge in [-0.15, -0.1) is 0 Å². The van der Waals surface area contributed by atoms with Crippen molar-refractivity contribution in [3.63, 3.8) is 0 Å². The zero-order valence-corrected chi connectivity index (χ0v) is 10.4. The van der Waals surface area contributed by atoms with Gasteiger partial charge in [-0.3, -0.25) is 14.9 Å². The quantitative estimate of drug-likeness (QED) is 0.487. The highest BCUT2D eigenvalue weighted by atomic mass is 19.1. The molecule has 0 aliphatic rings. The monoisotopic (exact) mass is 276 g/mol. The fourth-order valence-electron chi connectivity index (χ4n) is 1.58. The van der Waals surface area contributed by atoms with Gasteiger partial charge in [-0.05, 0) is 25.1 Å². The minimum Gasteiger partial charge on any atom is -0.432 e. The van der Waals surface area contributed by atoms with E-state index < -0.39 is 16.4 Å². The number of hydrogen-bond acceptors (Lipinski definition) is 5. The highest BCUT2D eigenvalue weighted by Crippen LogP contribution is 2.32. The SMILES string of the molecule is Cc1cc(C=O)cnc1Oc1ccc(F)cc1[N+](=O)[O-]. The number of carbonyl (C=O) groups excluding carboxylic acids is 1. The van der Waals surface area contributed by atoms with E-state index in [0.717, 1.165) is 18.2 Å². The van der Waals surface area contributed by atoms with Gasteiger partial charge in [-0.1, -0.05) is 0 Å². The molecule has 0 saturated heterocycles. The lowest BCUT2D eigenvalue weighted by Crippen LogP contribution is -1.97. The van der Waals surface area contributed by atoms with Crippen LogP contribution in [0, 0.1) is 22.9 Å². The van der Waals surface area contributed by atoms with Crippen molar-refractivity contribution in [1.29, 1.82) is 0 Å². The molecule has 7 heteroatoms. The fourth-order valence-corrected chi connectivity index (χ4v) is 1.58. The van der Waals surface area contributed by atoms with Gasteiger partial charge in [0.2, 0.25) is 11.6 Å². The number of nitro benzene ring substituents is 1. The van der Waals surface area contributed by atoms with E-state index >= 15 is 0 Å². The van der Waals surface area contributed by atoms with Crippen molar-refractivity contribution in [2.24, 2.45) is 0 Å². The van der Waals surface area contributed by atoms with Gasteiger partial charge >= 0.3 is 5.69 Å². The van der Waals surface area contributed by atoms with E-state index in [1.807, 2.05) is 0 Å². The second kappa shape index (κ2) is 5.43. The molecule has 1 aromatic carbocycles. The molecule has 0 radical (unpaired) electrons. The first kappa shape index (κ1) is 13.6. The summed E-state index contributed by atoms with van der Waals surface area (Å²) in [5.41, 5.74) is 0.405. The molecule has 6 nitrogen and oxygen atoms in total. The van der Waals surface area contributed by atoms with Gasteiger partial charge < -0.3 is 4.74 Å². The molecule has 0 atom stereocenters. The predicted molar refractivity (Wildman–Crippen MR) is 67.5 cm³/mol. The van der Waals surface area contributed by atoms with Crippen LogP contribution in [0.2, 0.25) is 0 Å². The zero-order valence-electron chi connectivity index (χ0n) is 10.4. The smallest absolute Gasteiger partial charge is 0.314 e. The molecule has 1 heterocycles. The summed E-state index contributed by atoms with van der Waals surface area (Å²) in [6, 6.07) is 4.51. The van der Waals surface area contributed by atoms with Crippen LogP contribution >= 0.6 is 0 Å². The Morgan fingerprint density at radius 2 is 2.15 bits per heavy atom. The summed E-state index contributed by atoms with van der Waals surface area (Å²) in [5.74, 6) is -0.735. The maximum absolute atomic E-state index is 13.0. The van der Waals surface area contributed by atoms with E-state index in [2.05, 4.69) is 4.98 Å². The summed E-state index contributed by atoms with van der Waals surface area (Å²) in [5, 5.41) is 10.8. The fraction of sp³-hybridized carbons (Fsp3) is 0.0769. The number of aromatic nitrogens is 1. The third-order valence-electron chi connectivity index (χ3n) is 2.51. The molecule has 0 bridgehead atoms. The maximum atomic E-state index is 13.0. The molecule has 0 saturated carbocycles. The van der Waals surface area contributed by atoms with Gasteiger partial charge in [0.1, 0.15) is 5.82 Å². The van der Waals surface area contributed by atoms with Crippen LogP contribution < -0.4 is 4.74 Å². The van der Waals surface area contributed by atoms with Crippen LogP contribution in [-0.2, 0) is 0 Å². The van der Waals surface area contributed by atoms with E-state index in [0.29, 0.717) is 17.4 Å². The summed E-state index contributed by atoms with van der Waals surface area (Å²) < 4.78 is 18.3. The zero-order chi connectivity index (χ0) is 14.7. The highest BCUT2D eigenvalue weighted by molar-refractivity contribution is 5.74. The summed E-state index contributed by atoms with van der Waals surface area (Å²) in [6.07, 6.45) is 1.91. The highest BCUT2D eigenvalue weighted by Gasteiger charge is 2.18. The van der Waals surface area contributed by atoms with Gasteiger partial charge in [-0.2, -0.15) is 0 Å². The lowest BCUT2D eigenvalue weighted by atomic mass is 10.2. The Morgan fingerprint density at radius 1 is 1.40 bits per heavy atom. The topological polar surface area (TPSA) is 82.3 Å². The number of benzene rings is 1. The number of aryl methyl sites for hydroxylation is 1. The van der Waals surface area contributed by atoms with Gasteiger partial charge in [0, 0.05) is 17.3 Å². The lowest BCUT2D eigenvalue weighted by molar-refractivity contribution is -0.385. The molecule has 0 N–H and O–H groups in total. The Kier molecular flexibility index (Phi) is 3.69. The van der Waals surface area contributed by atoms with Crippen molar-refractivity contribution < 1.29 is 18.8 Å². The molecule has 20 heavy (non-hydrogen) atoms. The standard InChI is InChI=1S/C13H9FN2O4/c1-8-4-9(7-17)6-15-13(8)20-12-3-2-10(14)5-11(12)16(18)19/h2-7H,1H3. The molecule has 0 unspecified atom stereocenters. The van der Waals surface area contributed by atoms with E-state index in [4.69, 9.17) is 4.74 Å². The first-order valence-corrected chi connectivity index (χ1v) is 5.55. The van der Waals surface area contributed by atoms with Crippen LogP contribution in [-0.4, -0.2) is 16.2 Å². The molecule has 1 aromatic heterocycles. The molecular weight excluding hydrogens is 267 g/mol. The van der Waals surface area contributed by atoms with E-state index in [1.165, 1.54) is 12.3 Å². The summed E-state index contributed by atoms with van der Waals surface area (Å²) in [6.45, 7) is 1.64. The Morgan fingerprint density at radius 3 is 2.75 bits per heavy atom. The van der Waals surface area contributed by atoms with Gasteiger partial charge in [0.25, 0.3) is 0 Å². The number of pyridine rings is 1. The number of carbonyl (C=O) groups is 1. The molecule has 102 valence electrons. The number of aldehydes is 1. The number of ether oxygens (including phenoxy) is 1. The van der Waals surface area contributed by atoms with E-state index in [-0.39, 0.29) is 11.6 Å². The first-order valence-electron chi connectivity index (χ1n) is 5.55. The summed E-state index contributed by atoms with van der Waals surface area (Å²) in [4.78, 5) is 24.6. The number of nitro groups is 1. The van der Waals surface area contributed by atoms with Crippen LogP contribution in [0.3, 0.4) is 0 Å². The van der Waals surface area contributed by atoms with Crippen molar-refractivity contribution in [2.75, 3.05) is 0 Å². The average Bonchev–Trinajstić information content (AvgIpc) is 2.42. The minimum atomic E-state index is -0.743. The van der Waals surface area contributed by atoms with Crippen molar-refractivity contribution in [3.8, 4) is 11.6 Å². The normalized spacial score (nSPS) is 10.1. The summed E-state index contributed by atoms with van der Waals surface area (Å²) >= 11 is 0. The third kappa shape index (κ3) is 2.77. The second-order valence-corrected chi connectivity index (χ2v) is 3.98. The van der Waals surface area contributed by atoms with Gasteiger partial charge in [0.05, 0.1) is 11.0 Å². The number of halogens is 1. The van der Waals surface area contributed by atoms with Crippen molar-refractivity contribution in [1.82, 2.24) is 4.98 Å². The predicted octanol–water partition coefficient (Wildman–Crippen LogP) is 3.04. The molecule has 0 aliphatic carbocycles. The average molecular weight is 276 g/mol. The minimum absolute atomic E-state index is 0.116. The first-order chi connectivity index (χ1) is 9.51. The molecule has 2 rings (SSSR count). The number of nitrogens with zero attached hydrogens (tertiary/aromatic N) is 2. The Balaban J connectivity index is 2.39. The van der Waals surface area contributed by atoms with Crippen LogP contribution in [0.4, 0.5) is 10.1 Å². The van der Waals surface area contributed by atoms with Crippen molar-refractivity contribution >= 4 is 12.0 Å². The molecule has 0 aliphatic heterocycles. The van der Waals surface area contributed by atoms with Crippen LogP contribution in [0.15, 0.2) is 30.5 Å². The molecule has 2 aromatic rings. The number of rotatable bonds is 4. The van der Waals surface area contributed by atoms with Crippen LogP contribution in [0.1, 0.15) is 15.9 Å². The third-order valence-corrected chi connectivity index (χ3v) is 2.51. The van der Waals surface area contributed by atoms with E-state index in [1.54, 1.807) is 6.92 Å². The maximum Gasteiger partial charge on any atom is 0.314 e.